The van der Waals surface area contributed by atoms with Crippen molar-refractivity contribution in [1.29, 1.82) is 0 Å². The molecule has 0 spiro atoms. The van der Waals surface area contributed by atoms with Gasteiger partial charge in [-0.15, -0.1) is 0 Å². The number of nitrogens with zero attached hydrogens (tertiary/aromatic N) is 3. The molecule has 3 aliphatic heterocycles. The molecule has 0 aromatic heterocycles. The fourth-order valence-electron chi connectivity index (χ4n) is 4.92. The summed E-state index contributed by atoms with van der Waals surface area (Å²) in [7, 11) is 0. The highest BCUT2D eigenvalue weighted by Crippen LogP contribution is 2.26. The lowest BCUT2D eigenvalue weighted by Gasteiger charge is -2.40. The van der Waals surface area contributed by atoms with Crippen molar-refractivity contribution in [1.82, 2.24) is 20.0 Å². The summed E-state index contributed by atoms with van der Waals surface area (Å²) in [4.78, 5) is 43.9. The van der Waals surface area contributed by atoms with Gasteiger partial charge >= 0.3 is 0 Å². The van der Waals surface area contributed by atoms with Gasteiger partial charge in [0.1, 0.15) is 6.04 Å². The molecule has 1 aromatic rings. The average Bonchev–Trinajstić information content (AvgIpc) is 3.35. The van der Waals surface area contributed by atoms with Gasteiger partial charge in [-0.3, -0.25) is 19.3 Å². The van der Waals surface area contributed by atoms with Crippen LogP contribution in [0, 0.1) is 0 Å². The van der Waals surface area contributed by atoms with E-state index in [2.05, 4.69) is 10.2 Å². The highest BCUT2D eigenvalue weighted by atomic mass is 16.2. The Morgan fingerprint density at radius 3 is 2.66 bits per heavy atom. The van der Waals surface area contributed by atoms with Gasteiger partial charge in [0.2, 0.25) is 11.8 Å². The second-order valence-electron chi connectivity index (χ2n) is 8.27. The predicted octanol–water partition coefficient (Wildman–Crippen LogP) is 1.10. The number of nitrogens with one attached hydrogen (secondary N) is 1. The van der Waals surface area contributed by atoms with E-state index in [1.165, 1.54) is 0 Å². The van der Waals surface area contributed by atoms with E-state index >= 15 is 0 Å². The Bertz CT molecular complexity index is 769. The number of hydrogen-bond donors (Lipinski definition) is 1. The molecule has 0 aliphatic carbocycles. The summed E-state index contributed by atoms with van der Waals surface area (Å²) in [6, 6.07) is 9.39. The lowest BCUT2D eigenvalue weighted by Crippen LogP contribution is -2.58. The maximum Gasteiger partial charge on any atom is 0.254 e. The number of hydrogen-bond acceptors (Lipinski definition) is 4. The average molecular weight is 399 g/mol. The van der Waals surface area contributed by atoms with Crippen LogP contribution in [0.5, 0.6) is 0 Å². The first-order valence-corrected chi connectivity index (χ1v) is 10.8. The highest BCUT2D eigenvalue weighted by Gasteiger charge is 2.41. The third kappa shape index (κ3) is 4.01. The number of carbonyl (C=O) groups excluding carboxylic acids is 3. The summed E-state index contributed by atoms with van der Waals surface area (Å²) in [5, 5.41) is 3.07. The smallest absolute Gasteiger partial charge is 0.254 e. The Morgan fingerprint density at radius 2 is 1.97 bits per heavy atom. The molecule has 4 atom stereocenters. The van der Waals surface area contributed by atoms with Crippen LogP contribution in [0.25, 0.3) is 0 Å². The van der Waals surface area contributed by atoms with Crippen molar-refractivity contribution < 1.29 is 14.4 Å². The molecule has 7 nitrogen and oxygen atoms in total. The van der Waals surface area contributed by atoms with Crippen molar-refractivity contribution in [3.63, 3.8) is 0 Å². The second-order valence-corrected chi connectivity index (χ2v) is 8.27. The zero-order valence-electron chi connectivity index (χ0n) is 17.0. The summed E-state index contributed by atoms with van der Waals surface area (Å²) in [5.74, 6) is 0.0688. The van der Waals surface area contributed by atoms with Crippen LogP contribution < -0.4 is 5.32 Å². The maximum atomic E-state index is 13.0. The Balaban J connectivity index is 1.39. The second kappa shape index (κ2) is 8.53. The van der Waals surface area contributed by atoms with Gasteiger partial charge in [-0.2, -0.15) is 0 Å². The van der Waals surface area contributed by atoms with Crippen LogP contribution in [0.3, 0.4) is 0 Å². The first kappa shape index (κ1) is 19.9. The predicted molar refractivity (Wildman–Crippen MR) is 109 cm³/mol. The zero-order chi connectivity index (χ0) is 20.4. The Morgan fingerprint density at radius 1 is 1.17 bits per heavy atom. The van der Waals surface area contributed by atoms with Crippen LogP contribution in [0.15, 0.2) is 30.3 Å². The van der Waals surface area contributed by atoms with Gasteiger partial charge < -0.3 is 15.1 Å². The molecule has 2 bridgehead atoms. The van der Waals surface area contributed by atoms with Crippen LogP contribution in [0.4, 0.5) is 0 Å². The minimum Gasteiger partial charge on any atom is -0.353 e. The van der Waals surface area contributed by atoms with Gasteiger partial charge in [-0.1, -0.05) is 25.1 Å². The summed E-state index contributed by atoms with van der Waals surface area (Å²) in [6.45, 7) is 5.55. The number of fused-ring (bicyclic) bond motifs is 2. The standard InChI is InChI=1S/C22H30N4O3/c1-2-19(25-11-6-9-20(25)27)21(28)23-13-18-15-26(17-10-12-24(18)14-17)22(29)16-7-4-3-5-8-16/h3-5,7-8,17-19H,2,6,9-15H2,1H3,(H,23,28)/t17-,18+,19-/m0/s1. The molecule has 29 heavy (non-hydrogen) atoms. The molecule has 3 amide bonds. The van der Waals surface area contributed by atoms with Crippen LogP contribution in [-0.4, -0.2) is 83.3 Å². The normalized spacial score (nSPS) is 27.2. The van der Waals surface area contributed by atoms with Gasteiger partial charge in [0.05, 0.1) is 0 Å². The molecular weight excluding hydrogens is 368 g/mol. The summed E-state index contributed by atoms with van der Waals surface area (Å²) in [5.41, 5.74) is 0.717. The summed E-state index contributed by atoms with van der Waals surface area (Å²) < 4.78 is 0. The van der Waals surface area contributed by atoms with Crippen molar-refractivity contribution in [3.05, 3.63) is 35.9 Å². The largest absolute Gasteiger partial charge is 0.353 e. The number of likely N-dealkylation sites (tertiary alicyclic amines) is 1. The molecule has 3 aliphatic rings. The van der Waals surface area contributed by atoms with E-state index in [0.717, 1.165) is 25.9 Å². The van der Waals surface area contributed by atoms with Gasteiger partial charge in [0.25, 0.3) is 5.91 Å². The molecule has 3 heterocycles. The molecule has 156 valence electrons. The lowest BCUT2D eigenvalue weighted by molar-refractivity contribution is -0.137. The lowest BCUT2D eigenvalue weighted by atomic mass is 10.1. The Kier molecular flexibility index (Phi) is 5.85. The van der Waals surface area contributed by atoms with E-state index in [0.29, 0.717) is 38.0 Å². The third-order valence-electron chi connectivity index (χ3n) is 6.53. The van der Waals surface area contributed by atoms with E-state index in [-0.39, 0.29) is 35.8 Å². The Hall–Kier alpha value is -2.41. The topological polar surface area (TPSA) is 73.0 Å². The highest BCUT2D eigenvalue weighted by molar-refractivity contribution is 5.94. The van der Waals surface area contributed by atoms with Crippen molar-refractivity contribution in [2.45, 2.75) is 50.7 Å². The molecule has 4 rings (SSSR count). The van der Waals surface area contributed by atoms with E-state index in [1.807, 2.05) is 42.2 Å². The van der Waals surface area contributed by atoms with Gasteiger partial charge in [-0.05, 0) is 31.4 Å². The van der Waals surface area contributed by atoms with Crippen LogP contribution in [0.2, 0.25) is 0 Å². The summed E-state index contributed by atoms with van der Waals surface area (Å²) in [6.07, 6.45) is 2.96. The molecule has 1 unspecified atom stereocenters. The van der Waals surface area contributed by atoms with Crippen molar-refractivity contribution in [2.24, 2.45) is 0 Å². The number of piperazine rings is 1. The monoisotopic (exact) mass is 398 g/mol. The third-order valence-corrected chi connectivity index (χ3v) is 6.53. The van der Waals surface area contributed by atoms with Crippen molar-refractivity contribution in [3.8, 4) is 0 Å². The molecule has 3 saturated heterocycles. The summed E-state index contributed by atoms with van der Waals surface area (Å²) >= 11 is 0. The molecule has 0 radical (unpaired) electrons. The number of benzene rings is 1. The molecule has 3 fully saturated rings. The first-order valence-electron chi connectivity index (χ1n) is 10.8. The van der Waals surface area contributed by atoms with E-state index < -0.39 is 0 Å². The van der Waals surface area contributed by atoms with Crippen molar-refractivity contribution in [2.75, 3.05) is 32.7 Å². The molecule has 1 N–H and O–H groups in total. The fraction of sp³-hybridized carbons (Fsp3) is 0.591. The van der Waals surface area contributed by atoms with E-state index in [4.69, 9.17) is 0 Å². The minimum absolute atomic E-state index is 0.0718. The van der Waals surface area contributed by atoms with Crippen molar-refractivity contribution >= 4 is 17.7 Å². The van der Waals surface area contributed by atoms with Crippen LogP contribution >= 0.6 is 0 Å². The fourth-order valence-corrected chi connectivity index (χ4v) is 4.92. The number of rotatable bonds is 6. The molecule has 7 heteroatoms. The SMILES string of the molecule is CC[C@@H](C(=O)NC[C@@H]1CN(C(=O)c2ccccc2)[C@H]2CCN1C2)N1CCCC1=O. The Labute approximate surface area is 172 Å². The zero-order valence-corrected chi connectivity index (χ0v) is 17.0. The van der Waals surface area contributed by atoms with E-state index in [9.17, 15) is 14.4 Å². The maximum absolute atomic E-state index is 13.0. The van der Waals surface area contributed by atoms with Crippen LogP contribution in [-0.2, 0) is 9.59 Å². The van der Waals surface area contributed by atoms with Gasteiger partial charge in [-0.25, -0.2) is 0 Å². The first-order chi connectivity index (χ1) is 14.1. The molecular formula is C22H30N4O3. The van der Waals surface area contributed by atoms with Gasteiger partial charge in [0, 0.05) is 56.8 Å². The van der Waals surface area contributed by atoms with Crippen LogP contribution in [0.1, 0.15) is 43.0 Å². The van der Waals surface area contributed by atoms with E-state index in [1.54, 1.807) is 4.90 Å². The van der Waals surface area contributed by atoms with Gasteiger partial charge in [0.15, 0.2) is 0 Å². The molecule has 1 aromatic carbocycles. The minimum atomic E-state index is -0.387. The number of amides is 3. The number of carbonyl (C=O) groups is 3. The quantitative estimate of drug-likeness (QED) is 0.779. The molecule has 0 saturated carbocycles.